The third-order valence-electron chi connectivity index (χ3n) is 4.53. The van der Waals surface area contributed by atoms with Crippen molar-refractivity contribution in [3.8, 4) is 0 Å². The van der Waals surface area contributed by atoms with Crippen molar-refractivity contribution < 1.29 is 19.0 Å². The van der Waals surface area contributed by atoms with E-state index in [1.165, 1.54) is 18.9 Å². The van der Waals surface area contributed by atoms with Crippen LogP contribution in [0.25, 0.3) is 0 Å². The lowest BCUT2D eigenvalue weighted by molar-refractivity contribution is -0.0913. The van der Waals surface area contributed by atoms with E-state index >= 15 is 0 Å². The van der Waals surface area contributed by atoms with Crippen LogP contribution in [0.5, 0.6) is 0 Å². The van der Waals surface area contributed by atoms with E-state index in [4.69, 9.17) is 9.84 Å². The van der Waals surface area contributed by atoms with Crippen molar-refractivity contribution in [3.05, 3.63) is 35.1 Å². The van der Waals surface area contributed by atoms with Crippen molar-refractivity contribution in [2.24, 2.45) is 0 Å². The number of carbonyl (C=O) groups is 1. The Kier molecular flexibility index (Phi) is 4.22. The molecule has 3 rings (SSSR count). The van der Waals surface area contributed by atoms with Crippen LogP contribution in [0.2, 0.25) is 0 Å². The molecule has 0 radical (unpaired) electrons. The number of ether oxygens (including phenoxy) is 1. The van der Waals surface area contributed by atoms with E-state index in [9.17, 15) is 9.18 Å². The smallest absolute Gasteiger partial charge is 0.338 e. The number of carboxylic acids is 1. The number of morpholine rings is 1. The molecule has 0 bridgehead atoms. The summed E-state index contributed by atoms with van der Waals surface area (Å²) in [5.41, 5.74) is 0.210. The third-order valence-corrected chi connectivity index (χ3v) is 4.53. The van der Waals surface area contributed by atoms with Crippen LogP contribution in [-0.2, 0) is 11.3 Å². The molecule has 2 aliphatic rings. The second-order valence-electron chi connectivity index (χ2n) is 5.82. The number of benzene rings is 1. The van der Waals surface area contributed by atoms with Crippen molar-refractivity contribution in [1.29, 1.82) is 0 Å². The summed E-state index contributed by atoms with van der Waals surface area (Å²) in [5, 5.41) is 9.01. The number of fused-ring (bicyclic) bond motifs is 1. The average Bonchev–Trinajstić information content (AvgIpc) is 2.49. The lowest BCUT2D eigenvalue weighted by Crippen LogP contribution is -2.52. The van der Waals surface area contributed by atoms with Crippen LogP contribution in [0.1, 0.15) is 41.6 Å². The molecule has 0 aromatic heterocycles. The summed E-state index contributed by atoms with van der Waals surface area (Å²) in [6.07, 6.45) is 4.76. The van der Waals surface area contributed by atoms with Gasteiger partial charge in [-0.25, -0.2) is 9.18 Å². The molecule has 2 fully saturated rings. The Morgan fingerprint density at radius 3 is 3.00 bits per heavy atom. The van der Waals surface area contributed by atoms with Gasteiger partial charge in [-0.15, -0.1) is 0 Å². The van der Waals surface area contributed by atoms with Crippen LogP contribution in [0.4, 0.5) is 4.39 Å². The van der Waals surface area contributed by atoms with Gasteiger partial charge >= 0.3 is 5.97 Å². The third kappa shape index (κ3) is 2.94. The zero-order valence-corrected chi connectivity index (χ0v) is 11.9. The highest BCUT2D eigenvalue weighted by molar-refractivity contribution is 5.88. The molecule has 0 amide bonds. The summed E-state index contributed by atoms with van der Waals surface area (Å²) in [5.74, 6) is -1.82. The van der Waals surface area contributed by atoms with Gasteiger partial charge in [-0.1, -0.05) is 25.0 Å². The quantitative estimate of drug-likeness (QED) is 0.931. The van der Waals surface area contributed by atoms with Crippen LogP contribution < -0.4 is 0 Å². The SMILES string of the molecule is O=C(O)c1cccc(CN2CCOC3CCCCC32)c1F. The second-order valence-corrected chi connectivity index (χ2v) is 5.82. The average molecular weight is 293 g/mol. The van der Waals surface area contributed by atoms with E-state index < -0.39 is 11.8 Å². The molecule has 0 spiro atoms. The highest BCUT2D eigenvalue weighted by Crippen LogP contribution is 2.30. The molecule has 1 aromatic rings. The molecule has 1 saturated heterocycles. The summed E-state index contributed by atoms with van der Waals surface area (Å²) in [4.78, 5) is 13.3. The number of hydrogen-bond acceptors (Lipinski definition) is 3. The Morgan fingerprint density at radius 2 is 2.19 bits per heavy atom. The fourth-order valence-electron chi connectivity index (χ4n) is 3.46. The minimum Gasteiger partial charge on any atom is -0.478 e. The van der Waals surface area contributed by atoms with Crippen LogP contribution in [0, 0.1) is 5.82 Å². The van der Waals surface area contributed by atoms with Gasteiger partial charge in [0.2, 0.25) is 0 Å². The van der Waals surface area contributed by atoms with E-state index in [1.54, 1.807) is 12.1 Å². The molecule has 1 aromatic carbocycles. The largest absolute Gasteiger partial charge is 0.478 e. The van der Waals surface area contributed by atoms with Crippen LogP contribution in [0.3, 0.4) is 0 Å². The van der Waals surface area contributed by atoms with Gasteiger partial charge in [0.1, 0.15) is 5.82 Å². The van der Waals surface area contributed by atoms with Gasteiger partial charge in [0.15, 0.2) is 0 Å². The second kappa shape index (κ2) is 6.12. The molecule has 1 aliphatic heterocycles. The highest BCUT2D eigenvalue weighted by atomic mass is 19.1. The normalized spacial score (nSPS) is 26.3. The minimum absolute atomic E-state index is 0.248. The number of nitrogens with zero attached hydrogens (tertiary/aromatic N) is 1. The van der Waals surface area contributed by atoms with Gasteiger partial charge in [-0.2, -0.15) is 0 Å². The van der Waals surface area contributed by atoms with Gasteiger partial charge in [0.05, 0.1) is 18.3 Å². The maximum atomic E-state index is 14.3. The molecule has 5 heteroatoms. The van der Waals surface area contributed by atoms with E-state index in [1.807, 2.05) is 0 Å². The fourth-order valence-corrected chi connectivity index (χ4v) is 3.46. The molecule has 4 nitrogen and oxygen atoms in total. The lowest BCUT2D eigenvalue weighted by atomic mass is 9.90. The molecule has 114 valence electrons. The van der Waals surface area contributed by atoms with Crippen LogP contribution >= 0.6 is 0 Å². The predicted octanol–water partition coefficient (Wildman–Crippen LogP) is 2.67. The summed E-state index contributed by atoms with van der Waals surface area (Å²) < 4.78 is 20.1. The summed E-state index contributed by atoms with van der Waals surface area (Å²) in [6.45, 7) is 1.90. The first-order valence-electron chi connectivity index (χ1n) is 7.53. The Bertz CT molecular complexity index is 532. The van der Waals surface area contributed by atoms with E-state index in [0.717, 1.165) is 19.4 Å². The Hall–Kier alpha value is -1.46. The van der Waals surface area contributed by atoms with E-state index in [0.29, 0.717) is 24.8 Å². The number of halogens is 1. The Morgan fingerprint density at radius 1 is 1.38 bits per heavy atom. The van der Waals surface area contributed by atoms with Gasteiger partial charge < -0.3 is 9.84 Å². The highest BCUT2D eigenvalue weighted by Gasteiger charge is 2.34. The van der Waals surface area contributed by atoms with Gasteiger partial charge in [-0.3, -0.25) is 4.90 Å². The van der Waals surface area contributed by atoms with E-state index in [-0.39, 0.29) is 11.7 Å². The zero-order chi connectivity index (χ0) is 14.8. The fraction of sp³-hybridized carbons (Fsp3) is 0.562. The first-order valence-corrected chi connectivity index (χ1v) is 7.53. The topological polar surface area (TPSA) is 49.8 Å². The van der Waals surface area contributed by atoms with Gasteiger partial charge in [-0.05, 0) is 18.9 Å². The van der Waals surface area contributed by atoms with Crippen molar-refractivity contribution in [3.63, 3.8) is 0 Å². The Balaban J connectivity index is 1.79. The van der Waals surface area contributed by atoms with Crippen molar-refractivity contribution >= 4 is 5.97 Å². The standard InChI is InChI=1S/C16H20FNO3/c17-15-11(4-3-5-12(15)16(19)20)10-18-8-9-21-14-7-2-1-6-13(14)18/h3-5,13-14H,1-2,6-10H2,(H,19,20). The molecule has 2 unspecified atom stereocenters. The molecular weight excluding hydrogens is 273 g/mol. The Labute approximate surface area is 123 Å². The summed E-state index contributed by atoms with van der Waals surface area (Å²) in [7, 11) is 0. The number of aromatic carboxylic acids is 1. The molecule has 1 heterocycles. The predicted molar refractivity (Wildman–Crippen MR) is 75.8 cm³/mol. The molecule has 1 N–H and O–H groups in total. The molecular formula is C16H20FNO3. The van der Waals surface area contributed by atoms with Gasteiger partial charge in [0.25, 0.3) is 0 Å². The van der Waals surface area contributed by atoms with Crippen LogP contribution in [0.15, 0.2) is 18.2 Å². The number of carboxylic acid groups (broad SMARTS) is 1. The minimum atomic E-state index is -1.22. The number of hydrogen-bond donors (Lipinski definition) is 1. The van der Waals surface area contributed by atoms with Crippen LogP contribution in [-0.4, -0.2) is 41.3 Å². The van der Waals surface area contributed by atoms with Crippen molar-refractivity contribution in [2.45, 2.75) is 44.4 Å². The molecule has 2 atom stereocenters. The van der Waals surface area contributed by atoms with Crippen molar-refractivity contribution in [2.75, 3.05) is 13.2 Å². The maximum absolute atomic E-state index is 14.3. The monoisotopic (exact) mass is 293 g/mol. The van der Waals surface area contributed by atoms with E-state index in [2.05, 4.69) is 4.90 Å². The maximum Gasteiger partial charge on any atom is 0.338 e. The molecule has 21 heavy (non-hydrogen) atoms. The van der Waals surface area contributed by atoms with Crippen molar-refractivity contribution in [1.82, 2.24) is 4.90 Å². The molecule has 1 saturated carbocycles. The lowest BCUT2D eigenvalue weighted by Gasteiger charge is -2.43. The first kappa shape index (κ1) is 14.5. The molecule has 1 aliphatic carbocycles. The first-order chi connectivity index (χ1) is 10.2. The summed E-state index contributed by atoms with van der Waals surface area (Å²) >= 11 is 0. The summed E-state index contributed by atoms with van der Waals surface area (Å²) in [6, 6.07) is 4.93. The number of rotatable bonds is 3. The van der Waals surface area contributed by atoms with Gasteiger partial charge in [0, 0.05) is 24.7 Å². The zero-order valence-electron chi connectivity index (χ0n) is 11.9.